The number of rotatable bonds is 4. The van der Waals surface area contributed by atoms with Crippen LogP contribution in [0.3, 0.4) is 0 Å². The lowest BCUT2D eigenvalue weighted by Crippen LogP contribution is -2.66. The van der Waals surface area contributed by atoms with Crippen molar-refractivity contribution in [3.8, 4) is 0 Å². The molecule has 6 nitrogen and oxygen atoms in total. The first kappa shape index (κ1) is 28.3. The highest BCUT2D eigenvalue weighted by atomic mass is 16.6. The summed E-state index contributed by atoms with van der Waals surface area (Å²) in [6.07, 6.45) is 5.72. The first-order chi connectivity index (χ1) is 17.6. The van der Waals surface area contributed by atoms with Crippen LogP contribution >= 0.6 is 0 Å². The molecule has 38 heavy (non-hydrogen) atoms. The minimum Gasteiger partial charge on any atom is -0.462 e. The summed E-state index contributed by atoms with van der Waals surface area (Å²) < 4.78 is 12.1. The van der Waals surface area contributed by atoms with E-state index in [4.69, 9.17) is 9.47 Å². The molecule has 0 aromatic carbocycles. The molecule has 3 N–H and O–H groups in total. The summed E-state index contributed by atoms with van der Waals surface area (Å²) >= 11 is 0. The van der Waals surface area contributed by atoms with Crippen LogP contribution in [0.25, 0.3) is 0 Å². The van der Waals surface area contributed by atoms with Crippen molar-refractivity contribution in [2.45, 2.75) is 124 Å². The summed E-state index contributed by atoms with van der Waals surface area (Å²) in [5.41, 5.74) is 1.39. The zero-order valence-corrected chi connectivity index (χ0v) is 24.5. The van der Waals surface area contributed by atoms with Crippen molar-refractivity contribution in [1.29, 1.82) is 0 Å². The van der Waals surface area contributed by atoms with Crippen LogP contribution in [-0.4, -0.2) is 52.0 Å². The number of allylic oxidation sites excluding steroid dienone is 1. The molecule has 0 amide bonds. The summed E-state index contributed by atoms with van der Waals surface area (Å²) in [6, 6.07) is 0. The minimum absolute atomic E-state index is 0.0427. The van der Waals surface area contributed by atoms with Crippen LogP contribution in [0, 0.1) is 45.3 Å². The van der Waals surface area contributed by atoms with Gasteiger partial charge in [-0.15, -0.1) is 0 Å². The van der Waals surface area contributed by atoms with Crippen molar-refractivity contribution in [2.24, 2.45) is 45.3 Å². The third-order valence-corrected chi connectivity index (χ3v) is 12.6. The van der Waals surface area contributed by atoms with Gasteiger partial charge in [-0.25, -0.2) is 0 Å². The van der Waals surface area contributed by atoms with Gasteiger partial charge in [-0.2, -0.15) is 0 Å². The van der Waals surface area contributed by atoms with Crippen LogP contribution in [0.5, 0.6) is 0 Å². The molecule has 3 saturated carbocycles. The Kier molecular flexibility index (Phi) is 6.82. The second kappa shape index (κ2) is 9.15. The van der Waals surface area contributed by atoms with Crippen LogP contribution in [0.15, 0.2) is 23.8 Å². The quantitative estimate of drug-likeness (QED) is 0.343. The molecule has 0 aromatic heterocycles. The molecule has 5 rings (SSSR count). The van der Waals surface area contributed by atoms with E-state index in [1.807, 2.05) is 0 Å². The molecular formula is C32H50O6. The molecule has 4 aliphatic carbocycles. The van der Waals surface area contributed by atoms with Crippen molar-refractivity contribution in [3.63, 3.8) is 0 Å². The van der Waals surface area contributed by atoms with Gasteiger partial charge in [0.05, 0.1) is 12.2 Å². The largest absolute Gasteiger partial charge is 0.462 e. The van der Waals surface area contributed by atoms with Crippen LogP contribution in [-0.2, 0) is 14.3 Å². The predicted octanol–water partition coefficient (Wildman–Crippen LogP) is 5.15. The Morgan fingerprint density at radius 1 is 1.08 bits per heavy atom. The Bertz CT molecular complexity index is 1020. The van der Waals surface area contributed by atoms with Gasteiger partial charge in [0.1, 0.15) is 12.2 Å². The molecule has 0 spiro atoms. The van der Waals surface area contributed by atoms with E-state index in [2.05, 4.69) is 47.3 Å². The number of aliphatic hydroxyl groups excluding tert-OH is 3. The Hall–Kier alpha value is -1.21. The van der Waals surface area contributed by atoms with E-state index >= 15 is 0 Å². The van der Waals surface area contributed by atoms with Crippen LogP contribution < -0.4 is 0 Å². The van der Waals surface area contributed by atoms with Crippen LogP contribution in [0.2, 0.25) is 0 Å². The second-order valence-corrected chi connectivity index (χ2v) is 14.8. The standard InChI is InChI=1S/C32H50O6/c1-17(2)27(35)21-15-19(28(36)38-21)20-9-10-22-30(20,6)13-11-23-31(7)14-12-25(34)29(4,5)24(31)16-26(32(22,23)8)37-18(3)33/h10,19-21,23-28,34-36H,1,9,11-16H2,2-8H3/t19-,20-,21+,23+,24-,25+,26+,27+,28-,30-,31+,32-/m0/s1. The van der Waals surface area contributed by atoms with Crippen molar-refractivity contribution in [1.82, 2.24) is 0 Å². The maximum atomic E-state index is 12.5. The second-order valence-electron chi connectivity index (χ2n) is 14.8. The molecule has 0 unspecified atom stereocenters. The molecular weight excluding hydrogens is 480 g/mol. The summed E-state index contributed by atoms with van der Waals surface area (Å²) in [6.45, 7) is 18.7. The number of fused-ring (bicyclic) bond motifs is 5. The summed E-state index contributed by atoms with van der Waals surface area (Å²) in [7, 11) is 0. The van der Waals surface area contributed by atoms with Gasteiger partial charge < -0.3 is 24.8 Å². The topological polar surface area (TPSA) is 96.2 Å². The molecule has 214 valence electrons. The fraction of sp³-hybridized carbons (Fsp3) is 0.844. The molecule has 6 heteroatoms. The number of hydrogen-bond donors (Lipinski definition) is 3. The van der Waals surface area contributed by atoms with E-state index < -0.39 is 18.5 Å². The average Bonchev–Trinajstić information content (AvgIpc) is 3.37. The molecule has 0 aromatic rings. The number of ether oxygens (including phenoxy) is 2. The Labute approximate surface area is 228 Å². The molecule has 5 aliphatic rings. The number of carbonyl (C=O) groups excluding carboxylic acids is 1. The third kappa shape index (κ3) is 3.83. The van der Waals surface area contributed by atoms with Gasteiger partial charge >= 0.3 is 5.97 Å². The fourth-order valence-electron chi connectivity index (χ4n) is 10.6. The number of carbonyl (C=O) groups is 1. The van der Waals surface area contributed by atoms with E-state index in [0.29, 0.717) is 17.9 Å². The first-order valence-corrected chi connectivity index (χ1v) is 14.8. The molecule has 0 bridgehead atoms. The van der Waals surface area contributed by atoms with E-state index in [1.165, 1.54) is 12.5 Å². The lowest BCUT2D eigenvalue weighted by molar-refractivity contribution is -0.222. The van der Waals surface area contributed by atoms with Gasteiger partial charge in [0.15, 0.2) is 6.29 Å². The highest BCUT2D eigenvalue weighted by molar-refractivity contribution is 5.66. The number of aliphatic hydroxyl groups is 3. The maximum absolute atomic E-state index is 12.5. The van der Waals surface area contributed by atoms with E-state index in [0.717, 1.165) is 38.5 Å². The fourth-order valence-corrected chi connectivity index (χ4v) is 10.6. The zero-order chi connectivity index (χ0) is 28.0. The number of esters is 1. The molecule has 0 radical (unpaired) electrons. The molecule has 12 atom stereocenters. The Morgan fingerprint density at radius 2 is 1.76 bits per heavy atom. The molecule has 1 saturated heterocycles. The summed E-state index contributed by atoms with van der Waals surface area (Å²) in [5, 5.41) is 32.6. The lowest BCUT2D eigenvalue weighted by Gasteiger charge is -2.68. The first-order valence-electron chi connectivity index (χ1n) is 14.8. The zero-order valence-electron chi connectivity index (χ0n) is 24.5. The van der Waals surface area contributed by atoms with Crippen molar-refractivity contribution in [3.05, 3.63) is 23.8 Å². The Balaban J connectivity index is 1.51. The average molecular weight is 531 g/mol. The van der Waals surface area contributed by atoms with Crippen molar-refractivity contribution in [2.75, 3.05) is 0 Å². The van der Waals surface area contributed by atoms with Gasteiger partial charge in [-0.05, 0) is 91.4 Å². The predicted molar refractivity (Wildman–Crippen MR) is 146 cm³/mol. The maximum Gasteiger partial charge on any atom is 0.302 e. The van der Waals surface area contributed by atoms with Gasteiger partial charge in [0.2, 0.25) is 0 Å². The van der Waals surface area contributed by atoms with E-state index in [-0.39, 0.29) is 57.6 Å². The smallest absolute Gasteiger partial charge is 0.302 e. The van der Waals surface area contributed by atoms with Gasteiger partial charge in [-0.3, -0.25) is 4.79 Å². The van der Waals surface area contributed by atoms with E-state index in [9.17, 15) is 20.1 Å². The van der Waals surface area contributed by atoms with Gasteiger partial charge in [0.25, 0.3) is 0 Å². The number of hydrogen-bond acceptors (Lipinski definition) is 6. The monoisotopic (exact) mass is 530 g/mol. The Morgan fingerprint density at radius 3 is 2.39 bits per heavy atom. The van der Waals surface area contributed by atoms with Crippen molar-refractivity contribution < 1.29 is 29.6 Å². The normalized spacial score (nSPS) is 50.3. The molecule has 4 fully saturated rings. The SMILES string of the molecule is C=C(C)[C@@H](O)[C@H]1C[C@@H]([C@@H]2CC=C3[C@@]4(C)[C@H](CC[C@]32C)[C@@]2(C)CC[C@@H](O)C(C)(C)[C@@H]2C[C@H]4OC(C)=O)[C@@H](O)O1. The molecule has 1 heterocycles. The summed E-state index contributed by atoms with van der Waals surface area (Å²) in [5.74, 6) is 0.478. The highest BCUT2D eigenvalue weighted by Crippen LogP contribution is 2.74. The highest BCUT2D eigenvalue weighted by Gasteiger charge is 2.69. The van der Waals surface area contributed by atoms with Gasteiger partial charge in [-0.1, -0.05) is 52.8 Å². The van der Waals surface area contributed by atoms with E-state index in [1.54, 1.807) is 6.92 Å². The molecule has 1 aliphatic heterocycles. The van der Waals surface area contributed by atoms with Gasteiger partial charge in [0, 0.05) is 18.3 Å². The minimum atomic E-state index is -0.910. The van der Waals surface area contributed by atoms with Crippen LogP contribution in [0.1, 0.15) is 93.4 Å². The van der Waals surface area contributed by atoms with Crippen molar-refractivity contribution >= 4 is 5.97 Å². The van der Waals surface area contributed by atoms with Crippen LogP contribution in [0.4, 0.5) is 0 Å². The third-order valence-electron chi connectivity index (χ3n) is 12.6. The lowest BCUT2D eigenvalue weighted by atomic mass is 9.37. The summed E-state index contributed by atoms with van der Waals surface area (Å²) in [4.78, 5) is 12.5.